The minimum absolute atomic E-state index is 0.00594. The molecule has 148 valence electrons. The van der Waals surface area contributed by atoms with E-state index in [4.69, 9.17) is 9.40 Å². The van der Waals surface area contributed by atoms with Gasteiger partial charge in [0, 0.05) is 12.6 Å². The van der Waals surface area contributed by atoms with Gasteiger partial charge in [0.1, 0.15) is 11.6 Å². The molecular weight excluding hydrogens is 372 g/mol. The number of carbonyl (C=O) groups excluding carboxylic acids is 1. The Morgan fingerprint density at radius 2 is 1.73 bits per heavy atom. The Labute approximate surface area is 175 Å². The van der Waals surface area contributed by atoms with E-state index >= 15 is 0 Å². The first kappa shape index (κ1) is 18.4. The predicted molar refractivity (Wildman–Crippen MR) is 119 cm³/mol. The molecule has 1 saturated heterocycles. The first-order valence-corrected chi connectivity index (χ1v) is 10.3. The van der Waals surface area contributed by atoms with E-state index < -0.39 is 0 Å². The van der Waals surface area contributed by atoms with Crippen LogP contribution in [0, 0.1) is 0 Å². The van der Waals surface area contributed by atoms with E-state index in [2.05, 4.69) is 12.1 Å². The van der Waals surface area contributed by atoms with Crippen molar-refractivity contribution in [3.05, 3.63) is 96.4 Å². The highest BCUT2D eigenvalue weighted by Gasteiger charge is 2.32. The summed E-state index contributed by atoms with van der Waals surface area (Å²) >= 11 is 0. The number of likely N-dealkylation sites (tertiary alicyclic amines) is 1. The van der Waals surface area contributed by atoms with Crippen LogP contribution in [0.3, 0.4) is 0 Å². The van der Waals surface area contributed by atoms with Crippen molar-refractivity contribution in [2.75, 3.05) is 6.54 Å². The SMILES string of the molecule is O=C(/C=C/c1ccccc1)N1CCCC1c1nc2cc(-c3ccccc3)ccc2o1. The maximum absolute atomic E-state index is 12.8. The van der Waals surface area contributed by atoms with Gasteiger partial charge in [0.05, 0.1) is 0 Å². The van der Waals surface area contributed by atoms with Gasteiger partial charge in [-0.25, -0.2) is 4.98 Å². The molecule has 0 bridgehead atoms. The Morgan fingerprint density at radius 1 is 0.967 bits per heavy atom. The molecule has 0 radical (unpaired) electrons. The average molecular weight is 394 g/mol. The Kier molecular flexibility index (Phi) is 4.89. The fraction of sp³-hybridized carbons (Fsp3) is 0.154. The third kappa shape index (κ3) is 3.64. The quantitative estimate of drug-likeness (QED) is 0.407. The largest absolute Gasteiger partial charge is 0.438 e. The fourth-order valence-corrected chi connectivity index (χ4v) is 4.01. The maximum Gasteiger partial charge on any atom is 0.247 e. The van der Waals surface area contributed by atoms with Crippen molar-refractivity contribution in [2.45, 2.75) is 18.9 Å². The summed E-state index contributed by atoms with van der Waals surface area (Å²) in [6, 6.07) is 26.0. The molecule has 1 atom stereocenters. The number of rotatable bonds is 4. The van der Waals surface area contributed by atoms with E-state index in [1.807, 2.05) is 77.7 Å². The number of fused-ring (bicyclic) bond motifs is 1. The van der Waals surface area contributed by atoms with Crippen LogP contribution in [-0.4, -0.2) is 22.3 Å². The van der Waals surface area contributed by atoms with Crippen molar-refractivity contribution in [1.82, 2.24) is 9.88 Å². The van der Waals surface area contributed by atoms with Crippen LogP contribution in [0.1, 0.15) is 30.3 Å². The molecule has 1 unspecified atom stereocenters. The van der Waals surface area contributed by atoms with Crippen LogP contribution in [0.4, 0.5) is 0 Å². The lowest BCUT2D eigenvalue weighted by Crippen LogP contribution is -2.29. The summed E-state index contributed by atoms with van der Waals surface area (Å²) in [5.74, 6) is 0.614. The predicted octanol–water partition coefficient (Wildman–Crippen LogP) is 5.87. The number of nitrogens with zero attached hydrogens (tertiary/aromatic N) is 2. The van der Waals surface area contributed by atoms with Gasteiger partial charge >= 0.3 is 0 Å². The fourth-order valence-electron chi connectivity index (χ4n) is 4.01. The number of hydrogen-bond donors (Lipinski definition) is 0. The Morgan fingerprint density at radius 3 is 2.53 bits per heavy atom. The molecule has 1 fully saturated rings. The smallest absolute Gasteiger partial charge is 0.247 e. The number of oxazole rings is 1. The van der Waals surface area contributed by atoms with E-state index in [0.29, 0.717) is 5.89 Å². The summed E-state index contributed by atoms with van der Waals surface area (Å²) < 4.78 is 6.06. The Hall–Kier alpha value is -3.66. The zero-order valence-electron chi connectivity index (χ0n) is 16.6. The highest BCUT2D eigenvalue weighted by Crippen LogP contribution is 2.34. The van der Waals surface area contributed by atoms with Gasteiger partial charge in [0.25, 0.3) is 0 Å². The molecule has 5 rings (SSSR count). The van der Waals surface area contributed by atoms with E-state index in [-0.39, 0.29) is 11.9 Å². The zero-order chi connectivity index (χ0) is 20.3. The first-order chi connectivity index (χ1) is 14.8. The van der Waals surface area contributed by atoms with Crippen LogP contribution in [-0.2, 0) is 4.79 Å². The Balaban J connectivity index is 1.40. The molecule has 0 aliphatic carbocycles. The third-order valence-corrected chi connectivity index (χ3v) is 5.55. The third-order valence-electron chi connectivity index (χ3n) is 5.55. The Bertz CT molecular complexity index is 1200. The van der Waals surface area contributed by atoms with Crippen LogP contribution in [0.25, 0.3) is 28.3 Å². The molecular formula is C26H22N2O2. The monoisotopic (exact) mass is 394 g/mol. The van der Waals surface area contributed by atoms with Gasteiger partial charge in [-0.2, -0.15) is 0 Å². The molecule has 1 aliphatic heterocycles. The molecule has 4 nitrogen and oxygen atoms in total. The molecule has 1 amide bonds. The minimum atomic E-state index is -0.120. The normalized spacial score (nSPS) is 16.5. The summed E-state index contributed by atoms with van der Waals surface area (Å²) in [5.41, 5.74) is 4.84. The molecule has 2 heterocycles. The van der Waals surface area contributed by atoms with Crippen LogP contribution in [0.15, 0.2) is 89.4 Å². The highest BCUT2D eigenvalue weighted by molar-refractivity contribution is 5.92. The molecule has 0 saturated carbocycles. The summed E-state index contributed by atoms with van der Waals surface area (Å²) in [6.07, 6.45) is 5.31. The second-order valence-electron chi connectivity index (χ2n) is 7.53. The lowest BCUT2D eigenvalue weighted by molar-refractivity contribution is -0.127. The topological polar surface area (TPSA) is 46.3 Å². The van der Waals surface area contributed by atoms with Gasteiger partial charge in [0.15, 0.2) is 5.58 Å². The van der Waals surface area contributed by atoms with Crippen molar-refractivity contribution < 1.29 is 9.21 Å². The summed E-state index contributed by atoms with van der Waals surface area (Å²) in [4.78, 5) is 19.4. The van der Waals surface area contributed by atoms with Gasteiger partial charge in [-0.15, -0.1) is 0 Å². The second-order valence-corrected chi connectivity index (χ2v) is 7.53. The standard InChI is InChI=1S/C26H22N2O2/c29-25(16-13-19-8-3-1-4-9-19)28-17-7-12-23(28)26-27-22-18-21(14-15-24(22)30-26)20-10-5-2-6-11-20/h1-6,8-11,13-16,18,23H,7,12,17H2/b16-13+. The van der Waals surface area contributed by atoms with E-state index in [9.17, 15) is 4.79 Å². The van der Waals surface area contributed by atoms with Crippen molar-refractivity contribution >= 4 is 23.1 Å². The van der Waals surface area contributed by atoms with Crippen LogP contribution >= 0.6 is 0 Å². The van der Waals surface area contributed by atoms with Crippen molar-refractivity contribution in [3.63, 3.8) is 0 Å². The number of hydrogen-bond acceptors (Lipinski definition) is 3. The summed E-state index contributed by atoms with van der Waals surface area (Å²) in [5, 5.41) is 0. The second kappa shape index (κ2) is 7.99. The van der Waals surface area contributed by atoms with Gasteiger partial charge in [0.2, 0.25) is 11.8 Å². The number of aromatic nitrogens is 1. The molecule has 4 aromatic rings. The molecule has 3 aromatic carbocycles. The van der Waals surface area contributed by atoms with Crippen LogP contribution in [0.5, 0.6) is 0 Å². The minimum Gasteiger partial charge on any atom is -0.438 e. The van der Waals surface area contributed by atoms with E-state index in [1.54, 1.807) is 6.08 Å². The molecule has 4 heteroatoms. The van der Waals surface area contributed by atoms with Crippen molar-refractivity contribution in [2.24, 2.45) is 0 Å². The van der Waals surface area contributed by atoms with Crippen LogP contribution < -0.4 is 0 Å². The lowest BCUT2D eigenvalue weighted by atomic mass is 10.1. The van der Waals surface area contributed by atoms with Crippen molar-refractivity contribution in [1.29, 1.82) is 0 Å². The van der Waals surface area contributed by atoms with Crippen molar-refractivity contribution in [3.8, 4) is 11.1 Å². The summed E-state index contributed by atoms with van der Waals surface area (Å²) in [6.45, 7) is 0.719. The summed E-state index contributed by atoms with van der Waals surface area (Å²) in [7, 11) is 0. The van der Waals surface area contributed by atoms with Gasteiger partial charge in [-0.3, -0.25) is 4.79 Å². The highest BCUT2D eigenvalue weighted by atomic mass is 16.3. The molecule has 1 aromatic heterocycles. The average Bonchev–Trinajstić information content (AvgIpc) is 3.45. The molecule has 30 heavy (non-hydrogen) atoms. The molecule has 0 spiro atoms. The number of amides is 1. The first-order valence-electron chi connectivity index (χ1n) is 10.3. The van der Waals surface area contributed by atoms with Gasteiger partial charge < -0.3 is 9.32 Å². The number of benzene rings is 3. The molecule has 1 aliphatic rings. The number of carbonyl (C=O) groups is 1. The van der Waals surface area contributed by atoms with Crippen LogP contribution in [0.2, 0.25) is 0 Å². The van der Waals surface area contributed by atoms with E-state index in [1.165, 1.54) is 0 Å². The van der Waals surface area contributed by atoms with Gasteiger partial charge in [-0.05, 0) is 47.7 Å². The zero-order valence-corrected chi connectivity index (χ0v) is 16.6. The van der Waals surface area contributed by atoms with E-state index in [0.717, 1.165) is 47.2 Å². The maximum atomic E-state index is 12.8. The van der Waals surface area contributed by atoms with Gasteiger partial charge in [-0.1, -0.05) is 66.7 Å². The molecule has 0 N–H and O–H groups in total. The lowest BCUT2D eigenvalue weighted by Gasteiger charge is -2.20.